The second-order valence-electron chi connectivity index (χ2n) is 7.41. The Balaban J connectivity index is 1.67. The molecule has 1 atom stereocenters. The van der Waals surface area contributed by atoms with Crippen LogP contribution in [0.3, 0.4) is 0 Å². The molecule has 0 spiro atoms. The van der Waals surface area contributed by atoms with Gasteiger partial charge in [0.05, 0.1) is 4.90 Å². The van der Waals surface area contributed by atoms with Crippen LogP contribution in [-0.2, 0) is 14.8 Å². The van der Waals surface area contributed by atoms with Gasteiger partial charge in [-0.1, -0.05) is 19.1 Å². The number of rotatable bonds is 8. The summed E-state index contributed by atoms with van der Waals surface area (Å²) in [5.74, 6) is -0.131. The normalized spacial score (nSPS) is 12.1. The number of benzene rings is 3. The Morgan fingerprint density at radius 3 is 2.22 bits per heavy atom. The molecule has 0 aliphatic carbocycles. The summed E-state index contributed by atoms with van der Waals surface area (Å²) in [6.07, 6.45) is -0.230. The zero-order chi connectivity index (χ0) is 23.3. The fourth-order valence-electron chi connectivity index (χ4n) is 2.98. The Bertz CT molecular complexity index is 1190. The standard InChI is InChI=1S/C24H25FN2O4S/c1-4-22(31-23-15-16(2)5-6-17(23)3)24(28)26-19-11-13-21(14-12-19)32(29,30)27-20-9-7-18(25)8-10-20/h5-15,22,27H,4H2,1-3H3,(H,26,28). The van der Waals surface area contributed by atoms with Crippen molar-refractivity contribution >= 4 is 27.3 Å². The van der Waals surface area contributed by atoms with Gasteiger partial charge in [0, 0.05) is 11.4 Å². The molecule has 2 N–H and O–H groups in total. The summed E-state index contributed by atoms with van der Waals surface area (Å²) >= 11 is 0. The number of hydrogen-bond acceptors (Lipinski definition) is 4. The molecule has 0 radical (unpaired) electrons. The predicted octanol–water partition coefficient (Wildman–Crippen LogP) is 5.04. The smallest absolute Gasteiger partial charge is 0.265 e. The van der Waals surface area contributed by atoms with E-state index < -0.39 is 21.9 Å². The summed E-state index contributed by atoms with van der Waals surface area (Å²) in [6, 6.07) is 16.6. The van der Waals surface area contributed by atoms with Crippen molar-refractivity contribution in [2.75, 3.05) is 10.0 Å². The van der Waals surface area contributed by atoms with Crippen LogP contribution >= 0.6 is 0 Å². The van der Waals surface area contributed by atoms with Gasteiger partial charge in [0.1, 0.15) is 11.6 Å². The van der Waals surface area contributed by atoms with Crippen molar-refractivity contribution in [1.82, 2.24) is 0 Å². The predicted molar refractivity (Wildman–Crippen MR) is 123 cm³/mol. The molecule has 3 aromatic carbocycles. The lowest BCUT2D eigenvalue weighted by atomic mass is 10.1. The largest absolute Gasteiger partial charge is 0.480 e. The van der Waals surface area contributed by atoms with E-state index in [1.807, 2.05) is 39.0 Å². The highest BCUT2D eigenvalue weighted by molar-refractivity contribution is 7.92. The van der Waals surface area contributed by atoms with Gasteiger partial charge in [0.2, 0.25) is 0 Å². The van der Waals surface area contributed by atoms with Crippen molar-refractivity contribution in [2.24, 2.45) is 0 Å². The van der Waals surface area contributed by atoms with Gasteiger partial charge in [-0.3, -0.25) is 9.52 Å². The Kier molecular flexibility index (Phi) is 7.15. The molecule has 0 heterocycles. The molecule has 0 aromatic heterocycles. The first-order valence-electron chi connectivity index (χ1n) is 10.1. The van der Waals surface area contributed by atoms with Crippen molar-refractivity contribution in [2.45, 2.75) is 38.2 Å². The minimum atomic E-state index is -3.85. The maximum absolute atomic E-state index is 13.0. The maximum atomic E-state index is 13.0. The molecule has 8 heteroatoms. The first-order chi connectivity index (χ1) is 15.2. The van der Waals surface area contributed by atoms with E-state index in [0.717, 1.165) is 11.1 Å². The second-order valence-corrected chi connectivity index (χ2v) is 9.09. The SMILES string of the molecule is CCC(Oc1cc(C)ccc1C)C(=O)Nc1ccc(S(=O)(=O)Nc2ccc(F)cc2)cc1. The average Bonchev–Trinajstić information content (AvgIpc) is 2.76. The van der Waals surface area contributed by atoms with Crippen LogP contribution in [0.5, 0.6) is 5.75 Å². The maximum Gasteiger partial charge on any atom is 0.265 e. The van der Waals surface area contributed by atoms with Crippen LogP contribution < -0.4 is 14.8 Å². The molecule has 3 aromatic rings. The molecule has 32 heavy (non-hydrogen) atoms. The van der Waals surface area contributed by atoms with Gasteiger partial charge < -0.3 is 10.1 Å². The van der Waals surface area contributed by atoms with Gasteiger partial charge in [-0.15, -0.1) is 0 Å². The van der Waals surface area contributed by atoms with Gasteiger partial charge in [0.15, 0.2) is 6.10 Å². The molecule has 0 aliphatic rings. The quantitative estimate of drug-likeness (QED) is 0.497. The first kappa shape index (κ1) is 23.3. The van der Waals surface area contributed by atoms with Crippen LogP contribution in [0.25, 0.3) is 0 Å². The third-order valence-corrected chi connectivity index (χ3v) is 6.20. The lowest BCUT2D eigenvalue weighted by Gasteiger charge is -2.19. The average molecular weight is 457 g/mol. The fraction of sp³-hybridized carbons (Fsp3) is 0.208. The minimum absolute atomic E-state index is 0.0125. The number of aryl methyl sites for hydroxylation is 2. The van der Waals surface area contributed by atoms with Crippen LogP contribution in [0.15, 0.2) is 71.6 Å². The second kappa shape index (κ2) is 9.82. The van der Waals surface area contributed by atoms with Crippen molar-refractivity contribution < 1.29 is 22.3 Å². The molecule has 1 amide bonds. The van der Waals surface area contributed by atoms with E-state index in [1.54, 1.807) is 0 Å². The van der Waals surface area contributed by atoms with Crippen LogP contribution in [0.4, 0.5) is 15.8 Å². The Labute approximate surface area is 187 Å². The minimum Gasteiger partial charge on any atom is -0.480 e. The zero-order valence-corrected chi connectivity index (χ0v) is 18.9. The third kappa shape index (κ3) is 5.85. The number of sulfonamides is 1. The lowest BCUT2D eigenvalue weighted by Crippen LogP contribution is -2.32. The number of hydrogen-bond donors (Lipinski definition) is 2. The molecule has 0 saturated heterocycles. The highest BCUT2D eigenvalue weighted by atomic mass is 32.2. The number of halogens is 1. The van der Waals surface area contributed by atoms with E-state index in [2.05, 4.69) is 10.0 Å². The summed E-state index contributed by atoms with van der Waals surface area (Å²) in [4.78, 5) is 12.7. The molecule has 0 bridgehead atoms. The lowest BCUT2D eigenvalue weighted by molar-refractivity contribution is -0.122. The molecule has 0 aliphatic heterocycles. The first-order valence-corrected chi connectivity index (χ1v) is 11.6. The van der Waals surface area contributed by atoms with Gasteiger partial charge in [-0.25, -0.2) is 12.8 Å². The van der Waals surface area contributed by atoms with E-state index >= 15 is 0 Å². The van der Waals surface area contributed by atoms with Crippen LogP contribution in [0, 0.1) is 19.7 Å². The number of nitrogens with one attached hydrogen (secondary N) is 2. The zero-order valence-electron chi connectivity index (χ0n) is 18.1. The fourth-order valence-corrected chi connectivity index (χ4v) is 4.04. The summed E-state index contributed by atoms with van der Waals surface area (Å²) in [5.41, 5.74) is 2.66. The molecule has 1 unspecified atom stereocenters. The van der Waals surface area contributed by atoms with E-state index in [9.17, 15) is 17.6 Å². The molecule has 168 valence electrons. The van der Waals surface area contributed by atoms with Gasteiger partial charge in [0.25, 0.3) is 15.9 Å². The molecule has 0 saturated carbocycles. The van der Waals surface area contributed by atoms with E-state index in [1.165, 1.54) is 48.5 Å². The van der Waals surface area contributed by atoms with E-state index in [-0.39, 0.29) is 16.5 Å². The highest BCUT2D eigenvalue weighted by Crippen LogP contribution is 2.23. The summed E-state index contributed by atoms with van der Waals surface area (Å²) < 4.78 is 46.4. The van der Waals surface area contributed by atoms with Crippen molar-refractivity contribution in [3.63, 3.8) is 0 Å². The van der Waals surface area contributed by atoms with E-state index in [4.69, 9.17) is 4.74 Å². The monoisotopic (exact) mass is 456 g/mol. The summed E-state index contributed by atoms with van der Waals surface area (Å²) in [5, 5.41) is 2.76. The van der Waals surface area contributed by atoms with Crippen molar-refractivity contribution in [3.8, 4) is 5.75 Å². The Hall–Kier alpha value is -3.39. The Morgan fingerprint density at radius 1 is 0.969 bits per heavy atom. The van der Waals surface area contributed by atoms with Crippen LogP contribution in [0.1, 0.15) is 24.5 Å². The van der Waals surface area contributed by atoms with Crippen molar-refractivity contribution in [3.05, 3.63) is 83.7 Å². The Morgan fingerprint density at radius 2 is 1.59 bits per heavy atom. The molecule has 0 fully saturated rings. The van der Waals surface area contributed by atoms with Gasteiger partial charge >= 0.3 is 0 Å². The van der Waals surface area contributed by atoms with Gasteiger partial charge in [-0.05, 0) is 86.0 Å². The van der Waals surface area contributed by atoms with Gasteiger partial charge in [-0.2, -0.15) is 0 Å². The van der Waals surface area contributed by atoms with Crippen molar-refractivity contribution in [1.29, 1.82) is 0 Å². The number of anilines is 2. The number of amides is 1. The number of carbonyl (C=O) groups excluding carboxylic acids is 1. The van der Waals surface area contributed by atoms with E-state index in [0.29, 0.717) is 17.9 Å². The molecular formula is C24H25FN2O4S. The number of ether oxygens (including phenoxy) is 1. The molecular weight excluding hydrogens is 431 g/mol. The third-order valence-electron chi connectivity index (χ3n) is 4.80. The molecule has 6 nitrogen and oxygen atoms in total. The number of carbonyl (C=O) groups is 1. The topological polar surface area (TPSA) is 84.5 Å². The molecule has 3 rings (SSSR count). The highest BCUT2D eigenvalue weighted by Gasteiger charge is 2.20. The summed E-state index contributed by atoms with van der Waals surface area (Å²) in [7, 11) is -3.85. The van der Waals surface area contributed by atoms with Crippen LogP contribution in [0.2, 0.25) is 0 Å². The summed E-state index contributed by atoms with van der Waals surface area (Å²) in [6.45, 7) is 5.72. The van der Waals surface area contributed by atoms with Crippen LogP contribution in [-0.4, -0.2) is 20.4 Å².